The Kier molecular flexibility index (Phi) is 3.76. The van der Waals surface area contributed by atoms with Crippen molar-refractivity contribution >= 4 is 10.8 Å². The van der Waals surface area contributed by atoms with Crippen molar-refractivity contribution in [2.45, 2.75) is 0 Å². The lowest BCUT2D eigenvalue weighted by Gasteiger charge is -2.12. The summed E-state index contributed by atoms with van der Waals surface area (Å²) >= 11 is 0. The summed E-state index contributed by atoms with van der Waals surface area (Å²) in [4.78, 5) is 0. The fraction of sp³-hybridized carbons (Fsp3) is 0.0435. The molecule has 0 heterocycles. The first-order valence-corrected chi connectivity index (χ1v) is 8.08. The van der Waals surface area contributed by atoms with E-state index < -0.39 is 0 Å². The van der Waals surface area contributed by atoms with E-state index in [9.17, 15) is 0 Å². The van der Waals surface area contributed by atoms with Gasteiger partial charge in [0.25, 0.3) is 0 Å². The molecule has 4 aromatic rings. The van der Waals surface area contributed by atoms with Crippen molar-refractivity contribution in [2.75, 3.05) is 7.11 Å². The molecule has 4 rings (SSSR count). The summed E-state index contributed by atoms with van der Waals surface area (Å²) in [6.07, 6.45) is 0. The van der Waals surface area contributed by atoms with Gasteiger partial charge in [-0.05, 0) is 57.3 Å². The molecule has 1 nitrogen and oxygen atoms in total. The fourth-order valence-electron chi connectivity index (χ4n) is 3.12. The third-order valence-electron chi connectivity index (χ3n) is 4.37. The quantitative estimate of drug-likeness (QED) is 0.439. The van der Waals surface area contributed by atoms with Crippen molar-refractivity contribution in [3.8, 4) is 28.0 Å². The number of methoxy groups -OCH3 is 1. The first-order chi connectivity index (χ1) is 11.8. The maximum absolute atomic E-state index is 5.29. The summed E-state index contributed by atoms with van der Waals surface area (Å²) < 4.78 is 5.29. The Morgan fingerprint density at radius 2 is 1.29 bits per heavy atom. The van der Waals surface area contributed by atoms with E-state index in [1.54, 1.807) is 7.11 Å². The Bertz CT molecular complexity index is 970. The maximum Gasteiger partial charge on any atom is 0.118 e. The molecule has 4 aromatic carbocycles. The van der Waals surface area contributed by atoms with E-state index in [2.05, 4.69) is 78.9 Å². The minimum Gasteiger partial charge on any atom is -0.497 e. The molecule has 0 aliphatic carbocycles. The topological polar surface area (TPSA) is 9.23 Å². The van der Waals surface area contributed by atoms with Crippen molar-refractivity contribution in [1.29, 1.82) is 0 Å². The van der Waals surface area contributed by atoms with Crippen molar-refractivity contribution < 1.29 is 4.74 Å². The third kappa shape index (κ3) is 2.65. The van der Waals surface area contributed by atoms with Crippen LogP contribution < -0.4 is 4.74 Å². The number of hydrogen-bond acceptors (Lipinski definition) is 1. The maximum atomic E-state index is 5.29. The van der Waals surface area contributed by atoms with Gasteiger partial charge in [-0.1, -0.05) is 66.7 Å². The predicted molar refractivity (Wildman–Crippen MR) is 101 cm³/mol. The van der Waals surface area contributed by atoms with Crippen LogP contribution in [-0.4, -0.2) is 7.11 Å². The lowest BCUT2D eigenvalue weighted by molar-refractivity contribution is 0.415. The molecule has 0 aliphatic heterocycles. The number of rotatable bonds is 3. The first-order valence-electron chi connectivity index (χ1n) is 8.08. The molecule has 0 amide bonds. The van der Waals surface area contributed by atoms with Crippen LogP contribution in [0.25, 0.3) is 33.0 Å². The minimum atomic E-state index is 0.877. The Balaban J connectivity index is 1.95. The van der Waals surface area contributed by atoms with E-state index in [0.29, 0.717) is 0 Å². The molecule has 0 aliphatic rings. The highest BCUT2D eigenvalue weighted by Crippen LogP contribution is 2.34. The molecule has 1 heteroatoms. The molecule has 0 bridgehead atoms. The summed E-state index contributed by atoms with van der Waals surface area (Å²) in [5, 5.41) is 2.52. The zero-order valence-electron chi connectivity index (χ0n) is 13.6. The lowest BCUT2D eigenvalue weighted by Crippen LogP contribution is -1.86. The van der Waals surface area contributed by atoms with Crippen LogP contribution in [0.2, 0.25) is 0 Å². The van der Waals surface area contributed by atoms with Crippen LogP contribution in [-0.2, 0) is 0 Å². The Morgan fingerprint density at radius 1 is 0.583 bits per heavy atom. The van der Waals surface area contributed by atoms with Gasteiger partial charge in [0.1, 0.15) is 5.75 Å². The summed E-state index contributed by atoms with van der Waals surface area (Å²) in [6, 6.07) is 31.9. The van der Waals surface area contributed by atoms with Gasteiger partial charge >= 0.3 is 0 Å². The number of ether oxygens (including phenoxy) is 1. The SMILES string of the molecule is COc1ccc(-c2cc(-c3ccccc3)cc3ccccc23)cc1. The normalized spacial score (nSPS) is 10.7. The molecular weight excluding hydrogens is 292 g/mol. The highest BCUT2D eigenvalue weighted by molar-refractivity contribution is 6.00. The standard InChI is InChI=1S/C23H18O/c1-24-21-13-11-18(12-14-21)23-16-20(17-7-3-2-4-8-17)15-19-9-5-6-10-22(19)23/h2-16H,1H3. The molecule has 0 radical (unpaired) electrons. The first kappa shape index (κ1) is 14.5. The van der Waals surface area contributed by atoms with Gasteiger partial charge in [-0.25, -0.2) is 0 Å². The van der Waals surface area contributed by atoms with Gasteiger partial charge in [-0.2, -0.15) is 0 Å². The van der Waals surface area contributed by atoms with Crippen LogP contribution in [0.3, 0.4) is 0 Å². The monoisotopic (exact) mass is 310 g/mol. The molecule has 0 saturated heterocycles. The average molecular weight is 310 g/mol. The largest absolute Gasteiger partial charge is 0.497 e. The van der Waals surface area contributed by atoms with Crippen molar-refractivity contribution in [3.05, 3.63) is 91.0 Å². The number of benzene rings is 4. The predicted octanol–water partition coefficient (Wildman–Crippen LogP) is 6.18. The molecule has 0 saturated carbocycles. The smallest absolute Gasteiger partial charge is 0.118 e. The number of hydrogen-bond donors (Lipinski definition) is 0. The van der Waals surface area contributed by atoms with Gasteiger partial charge in [-0.15, -0.1) is 0 Å². The fourth-order valence-corrected chi connectivity index (χ4v) is 3.12. The molecule has 0 N–H and O–H groups in total. The van der Waals surface area contributed by atoms with Crippen LogP contribution in [0.15, 0.2) is 91.0 Å². The zero-order chi connectivity index (χ0) is 16.4. The molecule has 24 heavy (non-hydrogen) atoms. The summed E-state index contributed by atoms with van der Waals surface area (Å²) in [5.74, 6) is 0.877. The van der Waals surface area contributed by atoms with Crippen LogP contribution in [0.4, 0.5) is 0 Å². The highest BCUT2D eigenvalue weighted by atomic mass is 16.5. The zero-order valence-corrected chi connectivity index (χ0v) is 13.6. The second kappa shape index (κ2) is 6.21. The summed E-state index contributed by atoms with van der Waals surface area (Å²) in [7, 11) is 1.69. The minimum absolute atomic E-state index is 0.877. The molecular formula is C23H18O. The summed E-state index contributed by atoms with van der Waals surface area (Å²) in [5.41, 5.74) is 4.91. The van der Waals surface area contributed by atoms with Crippen molar-refractivity contribution in [2.24, 2.45) is 0 Å². The van der Waals surface area contributed by atoms with E-state index in [1.165, 1.54) is 33.0 Å². The molecule has 0 aromatic heterocycles. The molecule has 0 fully saturated rings. The molecule has 116 valence electrons. The van der Waals surface area contributed by atoms with Gasteiger partial charge < -0.3 is 4.74 Å². The van der Waals surface area contributed by atoms with Crippen LogP contribution in [0.5, 0.6) is 5.75 Å². The highest BCUT2D eigenvalue weighted by Gasteiger charge is 2.08. The summed E-state index contributed by atoms with van der Waals surface area (Å²) in [6.45, 7) is 0. The van der Waals surface area contributed by atoms with Gasteiger partial charge in [0, 0.05) is 0 Å². The Morgan fingerprint density at radius 3 is 2.04 bits per heavy atom. The second-order valence-corrected chi connectivity index (χ2v) is 5.84. The van der Waals surface area contributed by atoms with Crippen LogP contribution >= 0.6 is 0 Å². The lowest BCUT2D eigenvalue weighted by atomic mass is 9.93. The van der Waals surface area contributed by atoms with Crippen molar-refractivity contribution in [1.82, 2.24) is 0 Å². The molecule has 0 unspecified atom stereocenters. The van der Waals surface area contributed by atoms with Gasteiger partial charge in [-0.3, -0.25) is 0 Å². The van der Waals surface area contributed by atoms with Gasteiger partial charge in [0.2, 0.25) is 0 Å². The number of fused-ring (bicyclic) bond motifs is 1. The average Bonchev–Trinajstić information content (AvgIpc) is 2.68. The Hall–Kier alpha value is -3.06. The molecule has 0 spiro atoms. The second-order valence-electron chi connectivity index (χ2n) is 5.84. The van der Waals surface area contributed by atoms with E-state index in [-0.39, 0.29) is 0 Å². The van der Waals surface area contributed by atoms with E-state index >= 15 is 0 Å². The van der Waals surface area contributed by atoms with E-state index in [4.69, 9.17) is 4.74 Å². The van der Waals surface area contributed by atoms with E-state index in [0.717, 1.165) is 5.75 Å². The van der Waals surface area contributed by atoms with Crippen LogP contribution in [0.1, 0.15) is 0 Å². The third-order valence-corrected chi connectivity index (χ3v) is 4.37. The Labute approximate surface area is 142 Å². The molecule has 0 atom stereocenters. The van der Waals surface area contributed by atoms with E-state index in [1.807, 2.05) is 12.1 Å². The van der Waals surface area contributed by atoms with Crippen LogP contribution in [0, 0.1) is 0 Å². The van der Waals surface area contributed by atoms with Gasteiger partial charge in [0.15, 0.2) is 0 Å². The van der Waals surface area contributed by atoms with Gasteiger partial charge in [0.05, 0.1) is 7.11 Å². The van der Waals surface area contributed by atoms with Crippen molar-refractivity contribution in [3.63, 3.8) is 0 Å².